The van der Waals surface area contributed by atoms with Crippen LogP contribution >= 0.6 is 11.8 Å². The number of anilines is 1. The molecule has 0 saturated carbocycles. The normalized spacial score (nSPS) is 15.0. The fourth-order valence-electron chi connectivity index (χ4n) is 3.04. The number of benzene rings is 2. The highest BCUT2D eigenvalue weighted by molar-refractivity contribution is 8.14. The van der Waals surface area contributed by atoms with E-state index in [-0.39, 0.29) is 0 Å². The number of imidazole rings is 1. The van der Waals surface area contributed by atoms with Gasteiger partial charge in [0.2, 0.25) is 5.95 Å². The molecule has 0 radical (unpaired) electrons. The third-order valence-corrected chi connectivity index (χ3v) is 5.08. The number of allylic oxidation sites excluding steroid dienone is 1. The second-order valence-corrected chi connectivity index (χ2v) is 6.65. The van der Waals surface area contributed by atoms with Crippen LogP contribution < -0.4 is 5.73 Å². The Balaban J connectivity index is 1.87. The van der Waals surface area contributed by atoms with E-state index < -0.39 is 0 Å². The van der Waals surface area contributed by atoms with Gasteiger partial charge in [-0.1, -0.05) is 54.2 Å². The Bertz CT molecular complexity index is 954. The number of aromatic nitrogens is 2. The van der Waals surface area contributed by atoms with Crippen molar-refractivity contribution in [2.45, 2.75) is 6.92 Å². The number of nitrogens with zero attached hydrogens (tertiary/aromatic N) is 3. The lowest BCUT2D eigenvalue weighted by Gasteiger charge is -2.09. The van der Waals surface area contributed by atoms with Gasteiger partial charge in [-0.2, -0.15) is 0 Å². The fourth-order valence-corrected chi connectivity index (χ4v) is 3.91. The molecule has 0 spiro atoms. The maximum Gasteiger partial charge on any atom is 0.207 e. The molecule has 0 bridgehead atoms. The highest BCUT2D eigenvalue weighted by Gasteiger charge is 2.17. The fraction of sp³-hybridized carbons (Fsp3) is 0.158. The van der Waals surface area contributed by atoms with Crippen molar-refractivity contribution < 1.29 is 0 Å². The summed E-state index contributed by atoms with van der Waals surface area (Å²) in [4.78, 5) is 9.03. The third-order valence-electron chi connectivity index (χ3n) is 4.13. The minimum absolute atomic E-state index is 0.497. The second-order valence-electron chi connectivity index (χ2n) is 5.59. The average molecular weight is 334 g/mol. The minimum Gasteiger partial charge on any atom is -0.369 e. The number of hydrogen-bond acceptors (Lipinski definition) is 4. The van der Waals surface area contributed by atoms with Gasteiger partial charge >= 0.3 is 0 Å². The molecule has 1 aliphatic rings. The van der Waals surface area contributed by atoms with Crippen molar-refractivity contribution in [2.24, 2.45) is 4.99 Å². The molecule has 24 heavy (non-hydrogen) atoms. The molecule has 2 N–H and O–H groups in total. The molecule has 4 nitrogen and oxygen atoms in total. The number of hydrogen-bond donors (Lipinski definition) is 1. The lowest BCUT2D eigenvalue weighted by Crippen LogP contribution is -2.09. The summed E-state index contributed by atoms with van der Waals surface area (Å²) in [6.07, 6.45) is 2.14. The zero-order valence-corrected chi connectivity index (χ0v) is 14.3. The first-order chi connectivity index (χ1) is 11.8. The molecule has 120 valence electrons. The van der Waals surface area contributed by atoms with Gasteiger partial charge in [0.15, 0.2) is 5.17 Å². The van der Waals surface area contributed by atoms with Crippen molar-refractivity contribution in [2.75, 3.05) is 18.0 Å². The topological polar surface area (TPSA) is 56.2 Å². The maximum absolute atomic E-state index is 6.15. The standard InChI is InChI=1S/C19H18N4S/c1-2-15(13-6-4-3-5-7-13)14-8-9-16-17(12-14)23(18(20)22-16)19-21-10-11-24-19/h2-9,12H,10-11H2,1H3,(H2,20,22). The molecule has 1 aromatic heterocycles. The van der Waals surface area contributed by atoms with Crippen molar-refractivity contribution >= 4 is 39.5 Å². The van der Waals surface area contributed by atoms with Crippen LogP contribution in [0.5, 0.6) is 0 Å². The Hall–Kier alpha value is -2.53. The first-order valence-corrected chi connectivity index (χ1v) is 8.94. The monoisotopic (exact) mass is 334 g/mol. The van der Waals surface area contributed by atoms with Crippen LogP contribution in [0.3, 0.4) is 0 Å². The zero-order valence-electron chi connectivity index (χ0n) is 13.4. The van der Waals surface area contributed by atoms with E-state index in [1.165, 1.54) is 11.1 Å². The van der Waals surface area contributed by atoms with E-state index in [0.717, 1.165) is 34.1 Å². The summed E-state index contributed by atoms with van der Waals surface area (Å²) >= 11 is 1.72. The second kappa shape index (κ2) is 6.17. The predicted molar refractivity (Wildman–Crippen MR) is 103 cm³/mol. The van der Waals surface area contributed by atoms with Crippen LogP contribution in [0.25, 0.3) is 16.6 Å². The van der Waals surface area contributed by atoms with Gasteiger partial charge in [0.25, 0.3) is 0 Å². The van der Waals surface area contributed by atoms with Gasteiger partial charge in [-0.15, -0.1) is 0 Å². The first-order valence-electron chi connectivity index (χ1n) is 7.95. The van der Waals surface area contributed by atoms with Crippen LogP contribution in [0.1, 0.15) is 18.1 Å². The Kier molecular flexibility index (Phi) is 3.86. The van der Waals surface area contributed by atoms with Gasteiger partial charge in [0.1, 0.15) is 0 Å². The maximum atomic E-state index is 6.15. The lowest BCUT2D eigenvalue weighted by atomic mass is 9.97. The Labute approximate surface area is 145 Å². The molecule has 2 heterocycles. The molecule has 2 aromatic carbocycles. The lowest BCUT2D eigenvalue weighted by molar-refractivity contribution is 1.13. The van der Waals surface area contributed by atoms with E-state index in [1.54, 1.807) is 11.8 Å². The van der Waals surface area contributed by atoms with Gasteiger partial charge < -0.3 is 5.73 Å². The van der Waals surface area contributed by atoms with E-state index >= 15 is 0 Å². The number of thioether (sulfide) groups is 1. The zero-order chi connectivity index (χ0) is 16.5. The molecular weight excluding hydrogens is 316 g/mol. The van der Waals surface area contributed by atoms with E-state index in [4.69, 9.17) is 5.73 Å². The molecule has 4 rings (SSSR count). The van der Waals surface area contributed by atoms with Crippen LogP contribution in [-0.2, 0) is 0 Å². The quantitative estimate of drug-likeness (QED) is 0.770. The summed E-state index contributed by atoms with van der Waals surface area (Å²) in [5.41, 5.74) is 11.6. The van der Waals surface area contributed by atoms with Crippen molar-refractivity contribution in [3.05, 3.63) is 65.7 Å². The molecule has 0 atom stereocenters. The van der Waals surface area contributed by atoms with E-state index in [0.29, 0.717) is 5.95 Å². The van der Waals surface area contributed by atoms with Gasteiger partial charge in [0.05, 0.1) is 17.6 Å². The van der Waals surface area contributed by atoms with E-state index in [2.05, 4.69) is 59.4 Å². The molecule has 0 amide bonds. The highest BCUT2D eigenvalue weighted by Crippen LogP contribution is 2.29. The summed E-state index contributed by atoms with van der Waals surface area (Å²) in [7, 11) is 0. The SMILES string of the molecule is CC=C(c1ccccc1)c1ccc2nc(N)n(C3=NCCS3)c2c1. The van der Waals surface area contributed by atoms with E-state index in [9.17, 15) is 0 Å². The molecule has 5 heteroatoms. The summed E-state index contributed by atoms with van der Waals surface area (Å²) in [5.74, 6) is 1.50. The summed E-state index contributed by atoms with van der Waals surface area (Å²) < 4.78 is 1.97. The molecule has 3 aromatic rings. The number of rotatable bonds is 2. The van der Waals surface area contributed by atoms with Gasteiger partial charge in [-0.3, -0.25) is 9.56 Å². The smallest absolute Gasteiger partial charge is 0.207 e. The molecule has 0 unspecified atom stereocenters. The largest absolute Gasteiger partial charge is 0.369 e. The predicted octanol–water partition coefficient (Wildman–Crippen LogP) is 4.02. The Morgan fingerprint density at radius 3 is 2.71 bits per heavy atom. The van der Waals surface area contributed by atoms with Crippen molar-refractivity contribution in [1.82, 2.24) is 9.55 Å². The summed E-state index contributed by atoms with van der Waals surface area (Å²) in [6.45, 7) is 2.90. The minimum atomic E-state index is 0.497. The average Bonchev–Trinajstić information content (AvgIpc) is 3.23. The van der Waals surface area contributed by atoms with Crippen LogP contribution in [0.2, 0.25) is 0 Å². The molecular formula is C19H18N4S. The molecule has 1 aliphatic heterocycles. The van der Waals surface area contributed by atoms with Crippen molar-refractivity contribution in [3.8, 4) is 0 Å². The van der Waals surface area contributed by atoms with Crippen molar-refractivity contribution in [1.29, 1.82) is 0 Å². The number of aliphatic imine (C=N–C) groups is 1. The molecule has 0 fully saturated rings. The summed E-state index contributed by atoms with van der Waals surface area (Å²) in [6, 6.07) is 16.7. The first kappa shape index (κ1) is 15.0. The van der Waals surface area contributed by atoms with Gasteiger partial charge in [0, 0.05) is 5.75 Å². The van der Waals surface area contributed by atoms with Crippen LogP contribution in [0.15, 0.2) is 59.6 Å². The molecule has 0 aliphatic carbocycles. The van der Waals surface area contributed by atoms with Crippen LogP contribution in [0.4, 0.5) is 5.95 Å². The number of fused-ring (bicyclic) bond motifs is 1. The highest BCUT2D eigenvalue weighted by atomic mass is 32.2. The third kappa shape index (κ3) is 2.51. The molecule has 0 saturated heterocycles. The van der Waals surface area contributed by atoms with Crippen LogP contribution in [-0.4, -0.2) is 27.0 Å². The van der Waals surface area contributed by atoms with Gasteiger partial charge in [-0.05, 0) is 35.8 Å². The Morgan fingerprint density at radius 2 is 2.00 bits per heavy atom. The summed E-state index contributed by atoms with van der Waals surface area (Å²) in [5, 5.41) is 0.939. The van der Waals surface area contributed by atoms with Gasteiger partial charge in [-0.25, -0.2) is 4.98 Å². The van der Waals surface area contributed by atoms with Crippen molar-refractivity contribution in [3.63, 3.8) is 0 Å². The number of nitrogens with two attached hydrogens (primary N) is 1. The number of nitrogen functional groups attached to an aromatic ring is 1. The van der Waals surface area contributed by atoms with E-state index in [1.807, 2.05) is 16.7 Å². The Morgan fingerprint density at radius 1 is 1.17 bits per heavy atom. The van der Waals surface area contributed by atoms with Crippen LogP contribution in [0, 0.1) is 0 Å².